The van der Waals surface area contributed by atoms with Crippen LogP contribution in [0.5, 0.6) is 0 Å². The summed E-state index contributed by atoms with van der Waals surface area (Å²) in [5.41, 5.74) is 1.36. The van der Waals surface area contributed by atoms with Gasteiger partial charge in [0.15, 0.2) is 0 Å². The average Bonchev–Trinajstić information content (AvgIpc) is 3.11. The van der Waals surface area contributed by atoms with Gasteiger partial charge in [0, 0.05) is 31.4 Å². The summed E-state index contributed by atoms with van der Waals surface area (Å²) >= 11 is 0. The van der Waals surface area contributed by atoms with Gasteiger partial charge in [-0.2, -0.15) is 0 Å². The Hall–Kier alpha value is -2.63. The van der Waals surface area contributed by atoms with Crippen molar-refractivity contribution in [3.05, 3.63) is 53.9 Å². The normalized spacial score (nSPS) is 12.4. The van der Waals surface area contributed by atoms with Crippen molar-refractivity contribution in [1.82, 2.24) is 10.5 Å². The summed E-state index contributed by atoms with van der Waals surface area (Å²) in [7, 11) is 0. The highest BCUT2D eigenvalue weighted by molar-refractivity contribution is 5.76. The molecule has 1 N–H and O–H groups in total. The van der Waals surface area contributed by atoms with Crippen LogP contribution in [-0.4, -0.2) is 28.7 Å². The van der Waals surface area contributed by atoms with E-state index in [-0.39, 0.29) is 24.3 Å². The van der Waals surface area contributed by atoms with E-state index >= 15 is 0 Å². The number of benzene rings is 1. The quantitative estimate of drug-likeness (QED) is 0.682. The lowest BCUT2D eigenvalue weighted by Crippen LogP contribution is -2.37. The van der Waals surface area contributed by atoms with Crippen LogP contribution < -0.4 is 5.32 Å². The van der Waals surface area contributed by atoms with Crippen LogP contribution in [-0.2, 0) is 27.2 Å². The van der Waals surface area contributed by atoms with Gasteiger partial charge >= 0.3 is 5.97 Å². The second-order valence-corrected chi connectivity index (χ2v) is 7.57. The number of nitrogens with zero attached hydrogens (tertiary/aromatic N) is 1. The minimum atomic E-state index is -0.507. The monoisotopic (exact) mass is 372 g/mol. The van der Waals surface area contributed by atoms with Crippen molar-refractivity contribution >= 4 is 11.9 Å². The largest absolute Gasteiger partial charge is 0.460 e. The first kappa shape index (κ1) is 20.7. The fraction of sp³-hybridized carbons (Fsp3) is 0.476. The van der Waals surface area contributed by atoms with Gasteiger partial charge in [0.1, 0.15) is 11.9 Å². The number of amides is 1. The lowest BCUT2D eigenvalue weighted by molar-refractivity contribution is -0.155. The maximum absolute atomic E-state index is 12.3. The number of hydrogen-bond donors (Lipinski definition) is 1. The first-order valence-corrected chi connectivity index (χ1v) is 9.26. The molecule has 0 aliphatic heterocycles. The second kappa shape index (κ2) is 9.90. The standard InChI is InChI=1S/C21H28N2O4/c1-21(2,3)27-20(25)12-10-18(15-16-7-5-4-6-8-16)22-19(24)11-9-17-13-14-26-23-17/h4-8,13-14,18H,9-12,15H2,1-3H3,(H,22,24). The molecular weight excluding hydrogens is 344 g/mol. The molecule has 0 aliphatic rings. The molecule has 146 valence electrons. The fourth-order valence-electron chi connectivity index (χ4n) is 2.72. The molecule has 1 atom stereocenters. The Labute approximate surface area is 160 Å². The van der Waals surface area contributed by atoms with E-state index in [4.69, 9.17) is 9.26 Å². The number of nitrogens with one attached hydrogen (secondary N) is 1. The number of hydrogen-bond acceptors (Lipinski definition) is 5. The van der Waals surface area contributed by atoms with Crippen LogP contribution in [0.25, 0.3) is 0 Å². The molecule has 0 saturated heterocycles. The molecule has 2 aromatic rings. The van der Waals surface area contributed by atoms with Gasteiger partial charge < -0.3 is 14.6 Å². The van der Waals surface area contributed by atoms with Gasteiger partial charge in [0.2, 0.25) is 5.91 Å². The third kappa shape index (κ3) is 8.53. The summed E-state index contributed by atoms with van der Waals surface area (Å²) in [6.07, 6.45) is 3.79. The number of aromatic nitrogens is 1. The van der Waals surface area contributed by atoms with Crippen LogP contribution in [0.1, 0.15) is 51.3 Å². The van der Waals surface area contributed by atoms with Gasteiger partial charge in [-0.05, 0) is 39.2 Å². The Bertz CT molecular complexity index is 706. The molecule has 1 heterocycles. The molecule has 6 nitrogen and oxygen atoms in total. The van der Waals surface area contributed by atoms with Crippen molar-refractivity contribution in [2.75, 3.05) is 0 Å². The van der Waals surface area contributed by atoms with Gasteiger partial charge in [-0.25, -0.2) is 0 Å². The maximum atomic E-state index is 12.3. The molecule has 0 aliphatic carbocycles. The van der Waals surface area contributed by atoms with Crippen LogP contribution in [0.15, 0.2) is 47.2 Å². The van der Waals surface area contributed by atoms with Crippen molar-refractivity contribution in [2.45, 2.75) is 64.5 Å². The molecule has 2 rings (SSSR count). The number of aryl methyl sites for hydroxylation is 1. The van der Waals surface area contributed by atoms with Crippen molar-refractivity contribution in [1.29, 1.82) is 0 Å². The Morgan fingerprint density at radius 1 is 1.15 bits per heavy atom. The van der Waals surface area contributed by atoms with Crippen LogP contribution in [0, 0.1) is 0 Å². The smallest absolute Gasteiger partial charge is 0.306 e. The molecule has 1 unspecified atom stereocenters. The molecular formula is C21H28N2O4. The van der Waals surface area contributed by atoms with E-state index < -0.39 is 5.60 Å². The van der Waals surface area contributed by atoms with Gasteiger partial charge in [-0.3, -0.25) is 9.59 Å². The third-order valence-electron chi connectivity index (χ3n) is 3.91. The number of esters is 1. The molecule has 0 saturated carbocycles. The van der Waals surface area contributed by atoms with Gasteiger partial charge in [-0.15, -0.1) is 0 Å². The van der Waals surface area contributed by atoms with E-state index in [0.29, 0.717) is 25.7 Å². The summed E-state index contributed by atoms with van der Waals surface area (Å²) in [5, 5.41) is 6.85. The predicted octanol–water partition coefficient (Wildman–Crippen LogP) is 3.46. The zero-order valence-electron chi connectivity index (χ0n) is 16.2. The minimum Gasteiger partial charge on any atom is -0.460 e. The number of carbonyl (C=O) groups excluding carboxylic acids is 2. The highest BCUT2D eigenvalue weighted by Gasteiger charge is 2.19. The Morgan fingerprint density at radius 3 is 2.52 bits per heavy atom. The Morgan fingerprint density at radius 2 is 1.89 bits per heavy atom. The summed E-state index contributed by atoms with van der Waals surface area (Å²) in [6.45, 7) is 5.54. The third-order valence-corrected chi connectivity index (χ3v) is 3.91. The molecule has 1 aromatic heterocycles. The van der Waals surface area contributed by atoms with Crippen molar-refractivity contribution < 1.29 is 18.8 Å². The molecule has 27 heavy (non-hydrogen) atoms. The number of rotatable bonds is 9. The molecule has 6 heteroatoms. The number of ether oxygens (including phenoxy) is 1. The van der Waals surface area contributed by atoms with Crippen molar-refractivity contribution in [3.8, 4) is 0 Å². The summed E-state index contributed by atoms with van der Waals surface area (Å²) < 4.78 is 10.1. The van der Waals surface area contributed by atoms with E-state index in [1.165, 1.54) is 6.26 Å². The highest BCUT2D eigenvalue weighted by Crippen LogP contribution is 2.13. The minimum absolute atomic E-state index is 0.0666. The SMILES string of the molecule is CC(C)(C)OC(=O)CCC(Cc1ccccc1)NC(=O)CCc1ccon1. The van der Waals surface area contributed by atoms with Crippen LogP contribution >= 0.6 is 0 Å². The van der Waals surface area contributed by atoms with E-state index in [9.17, 15) is 9.59 Å². The van der Waals surface area contributed by atoms with E-state index in [2.05, 4.69) is 10.5 Å². The topological polar surface area (TPSA) is 81.4 Å². The maximum Gasteiger partial charge on any atom is 0.306 e. The van der Waals surface area contributed by atoms with Gasteiger partial charge in [0.05, 0.1) is 5.69 Å². The zero-order valence-corrected chi connectivity index (χ0v) is 16.2. The van der Waals surface area contributed by atoms with E-state index in [1.54, 1.807) is 6.07 Å². The summed E-state index contributed by atoms with van der Waals surface area (Å²) in [4.78, 5) is 24.4. The van der Waals surface area contributed by atoms with Gasteiger partial charge in [0.25, 0.3) is 0 Å². The molecule has 1 aromatic carbocycles. The zero-order chi connectivity index (χ0) is 19.7. The lowest BCUT2D eigenvalue weighted by atomic mass is 10.0. The second-order valence-electron chi connectivity index (χ2n) is 7.57. The first-order valence-electron chi connectivity index (χ1n) is 9.26. The lowest BCUT2D eigenvalue weighted by Gasteiger charge is -2.22. The Kier molecular flexibility index (Phi) is 7.58. The molecule has 0 fully saturated rings. The summed E-state index contributed by atoms with van der Waals surface area (Å²) in [5.74, 6) is -0.319. The van der Waals surface area contributed by atoms with Crippen molar-refractivity contribution in [2.24, 2.45) is 0 Å². The molecule has 0 radical (unpaired) electrons. The van der Waals surface area contributed by atoms with Crippen LogP contribution in [0.3, 0.4) is 0 Å². The van der Waals surface area contributed by atoms with Gasteiger partial charge in [-0.1, -0.05) is 35.5 Å². The van der Waals surface area contributed by atoms with E-state index in [1.807, 2.05) is 51.1 Å². The first-order chi connectivity index (χ1) is 12.8. The molecule has 1 amide bonds. The van der Waals surface area contributed by atoms with Crippen LogP contribution in [0.4, 0.5) is 0 Å². The van der Waals surface area contributed by atoms with Crippen molar-refractivity contribution in [3.63, 3.8) is 0 Å². The van der Waals surface area contributed by atoms with E-state index in [0.717, 1.165) is 11.3 Å². The number of carbonyl (C=O) groups is 2. The molecule has 0 bridgehead atoms. The average molecular weight is 372 g/mol. The summed E-state index contributed by atoms with van der Waals surface area (Å²) in [6, 6.07) is 11.5. The predicted molar refractivity (Wildman–Crippen MR) is 102 cm³/mol. The highest BCUT2D eigenvalue weighted by atomic mass is 16.6. The Balaban J connectivity index is 1.90. The fourth-order valence-corrected chi connectivity index (χ4v) is 2.72. The molecule has 0 spiro atoms. The van der Waals surface area contributed by atoms with Crippen LogP contribution in [0.2, 0.25) is 0 Å².